The number of aryl methyl sites for hydroxylation is 2. The van der Waals surface area contributed by atoms with Crippen LogP contribution in [0.3, 0.4) is 0 Å². The Balaban J connectivity index is 1.31. The molecule has 0 saturated heterocycles. The van der Waals surface area contributed by atoms with Gasteiger partial charge in [-0.05, 0) is 54.5 Å². The number of hydrogen-bond donors (Lipinski definition) is 1. The average molecular weight is 427 g/mol. The first-order valence-electron chi connectivity index (χ1n) is 11.4. The molecule has 162 valence electrons. The van der Waals surface area contributed by atoms with E-state index in [1.807, 2.05) is 30.3 Å². The lowest BCUT2D eigenvalue weighted by Gasteiger charge is -2.26. The van der Waals surface area contributed by atoms with Crippen LogP contribution >= 0.6 is 0 Å². The van der Waals surface area contributed by atoms with Crippen molar-refractivity contribution in [2.75, 3.05) is 0 Å². The summed E-state index contributed by atoms with van der Waals surface area (Å²) >= 11 is 0. The molecule has 1 heterocycles. The summed E-state index contributed by atoms with van der Waals surface area (Å²) in [5, 5.41) is 4.38. The third-order valence-corrected chi connectivity index (χ3v) is 6.50. The molecule has 4 aromatic rings. The van der Waals surface area contributed by atoms with E-state index in [0.717, 1.165) is 35.7 Å². The summed E-state index contributed by atoms with van der Waals surface area (Å²) < 4.78 is 16.3. The first-order valence-corrected chi connectivity index (χ1v) is 11.4. The van der Waals surface area contributed by atoms with Crippen molar-refractivity contribution < 1.29 is 9.18 Å². The number of para-hydroxylation sites is 1. The van der Waals surface area contributed by atoms with Crippen LogP contribution in [0.15, 0.2) is 79.0 Å². The molecule has 0 aliphatic heterocycles. The first-order chi connectivity index (χ1) is 15.7. The van der Waals surface area contributed by atoms with E-state index in [2.05, 4.69) is 46.4 Å². The van der Waals surface area contributed by atoms with Gasteiger partial charge in [-0.25, -0.2) is 4.39 Å². The van der Waals surface area contributed by atoms with Crippen molar-refractivity contribution in [2.45, 2.75) is 44.7 Å². The summed E-state index contributed by atoms with van der Waals surface area (Å²) in [6.07, 6.45) is 6.35. The maximum Gasteiger partial charge on any atom is 0.220 e. The Hall–Kier alpha value is -3.40. The SMILES string of the molecule is O=C(CCc1cn(Cc2ccccc2F)c2ccccc12)NC1CCCc2ccccc21. The molecule has 1 aliphatic rings. The number of amides is 1. The molecule has 1 atom stereocenters. The van der Waals surface area contributed by atoms with Gasteiger partial charge in [0.05, 0.1) is 12.6 Å². The van der Waals surface area contributed by atoms with Gasteiger partial charge >= 0.3 is 0 Å². The number of aromatic nitrogens is 1. The van der Waals surface area contributed by atoms with Crippen LogP contribution < -0.4 is 5.32 Å². The van der Waals surface area contributed by atoms with Crippen LogP contribution in [0.1, 0.15) is 47.6 Å². The Morgan fingerprint density at radius 1 is 0.969 bits per heavy atom. The van der Waals surface area contributed by atoms with E-state index in [-0.39, 0.29) is 17.8 Å². The summed E-state index contributed by atoms with van der Waals surface area (Å²) in [7, 11) is 0. The van der Waals surface area contributed by atoms with Crippen molar-refractivity contribution in [1.82, 2.24) is 9.88 Å². The number of carbonyl (C=O) groups is 1. The molecular formula is C28H27FN2O. The number of rotatable bonds is 6. The van der Waals surface area contributed by atoms with Gasteiger partial charge in [-0.15, -0.1) is 0 Å². The lowest BCUT2D eigenvalue weighted by molar-refractivity contribution is -0.121. The molecule has 0 fully saturated rings. The molecule has 0 bridgehead atoms. The van der Waals surface area contributed by atoms with E-state index >= 15 is 0 Å². The van der Waals surface area contributed by atoms with Crippen molar-refractivity contribution in [3.63, 3.8) is 0 Å². The van der Waals surface area contributed by atoms with Crippen molar-refractivity contribution in [3.8, 4) is 0 Å². The fourth-order valence-electron chi connectivity index (χ4n) is 4.88. The maximum absolute atomic E-state index is 14.2. The van der Waals surface area contributed by atoms with E-state index in [1.54, 1.807) is 6.07 Å². The van der Waals surface area contributed by atoms with E-state index in [9.17, 15) is 9.18 Å². The molecule has 1 unspecified atom stereocenters. The number of hydrogen-bond acceptors (Lipinski definition) is 1. The molecule has 1 amide bonds. The zero-order chi connectivity index (χ0) is 21.9. The topological polar surface area (TPSA) is 34.0 Å². The number of nitrogens with one attached hydrogen (secondary N) is 1. The summed E-state index contributed by atoms with van der Waals surface area (Å²) in [6.45, 7) is 0.470. The second-order valence-electron chi connectivity index (χ2n) is 8.60. The van der Waals surface area contributed by atoms with Crippen LogP contribution in [-0.4, -0.2) is 10.5 Å². The number of halogens is 1. The Morgan fingerprint density at radius 2 is 1.75 bits per heavy atom. The predicted octanol–water partition coefficient (Wildman–Crippen LogP) is 5.96. The fourth-order valence-corrected chi connectivity index (χ4v) is 4.88. The molecule has 0 saturated carbocycles. The highest BCUT2D eigenvalue weighted by Crippen LogP contribution is 2.30. The quantitative estimate of drug-likeness (QED) is 0.406. The number of benzene rings is 3. The summed E-state index contributed by atoms with van der Waals surface area (Å²) in [5.74, 6) is -0.114. The molecule has 1 N–H and O–H groups in total. The average Bonchev–Trinajstić information content (AvgIpc) is 3.17. The summed E-state index contributed by atoms with van der Waals surface area (Å²) in [6, 6.07) is 23.6. The van der Waals surface area contributed by atoms with Gasteiger partial charge in [0.15, 0.2) is 0 Å². The third-order valence-electron chi connectivity index (χ3n) is 6.50. The van der Waals surface area contributed by atoms with E-state index < -0.39 is 0 Å². The zero-order valence-electron chi connectivity index (χ0n) is 18.1. The molecule has 0 spiro atoms. The molecule has 32 heavy (non-hydrogen) atoms. The Morgan fingerprint density at radius 3 is 2.66 bits per heavy atom. The Bertz CT molecular complexity index is 1260. The van der Waals surface area contributed by atoms with E-state index in [0.29, 0.717) is 24.9 Å². The lowest BCUT2D eigenvalue weighted by Crippen LogP contribution is -2.31. The van der Waals surface area contributed by atoms with Crippen LogP contribution in [0, 0.1) is 5.82 Å². The molecular weight excluding hydrogens is 399 g/mol. The van der Waals surface area contributed by atoms with E-state index in [4.69, 9.17) is 0 Å². The van der Waals surface area contributed by atoms with Crippen molar-refractivity contribution in [3.05, 3.63) is 107 Å². The highest BCUT2D eigenvalue weighted by atomic mass is 19.1. The molecule has 0 radical (unpaired) electrons. The Labute approximate surface area is 187 Å². The van der Waals surface area contributed by atoms with Crippen LogP contribution in [-0.2, 0) is 24.2 Å². The van der Waals surface area contributed by atoms with Crippen molar-refractivity contribution >= 4 is 16.8 Å². The molecule has 3 nitrogen and oxygen atoms in total. The molecule has 1 aliphatic carbocycles. The smallest absolute Gasteiger partial charge is 0.220 e. The van der Waals surface area contributed by atoms with Gasteiger partial charge < -0.3 is 9.88 Å². The normalized spacial score (nSPS) is 15.5. The highest BCUT2D eigenvalue weighted by Gasteiger charge is 2.21. The first kappa shape index (κ1) is 20.5. The highest BCUT2D eigenvalue weighted by molar-refractivity contribution is 5.85. The van der Waals surface area contributed by atoms with Gasteiger partial charge in [-0.3, -0.25) is 4.79 Å². The zero-order valence-corrected chi connectivity index (χ0v) is 18.1. The van der Waals surface area contributed by atoms with Gasteiger partial charge in [-0.2, -0.15) is 0 Å². The molecule has 1 aromatic heterocycles. The second kappa shape index (κ2) is 8.99. The minimum Gasteiger partial charge on any atom is -0.349 e. The van der Waals surface area contributed by atoms with Crippen LogP contribution in [0.5, 0.6) is 0 Å². The van der Waals surface area contributed by atoms with Gasteiger partial charge in [-0.1, -0.05) is 60.7 Å². The largest absolute Gasteiger partial charge is 0.349 e. The number of nitrogens with zero attached hydrogens (tertiary/aromatic N) is 1. The minimum atomic E-state index is -0.195. The van der Waals surface area contributed by atoms with Gasteiger partial charge in [0.25, 0.3) is 0 Å². The standard InChI is InChI=1S/C28H27FN2O/c29-25-13-5-2-9-22(25)19-31-18-21(24-12-4-6-15-27(24)31)16-17-28(32)30-26-14-7-10-20-8-1-3-11-23(20)26/h1-6,8-9,11-13,15,18,26H,7,10,14,16-17,19H2,(H,30,32). The van der Waals surface area contributed by atoms with Gasteiger partial charge in [0, 0.05) is 29.1 Å². The second-order valence-corrected chi connectivity index (χ2v) is 8.60. The van der Waals surface area contributed by atoms with Crippen LogP contribution in [0.25, 0.3) is 10.9 Å². The lowest BCUT2D eigenvalue weighted by atomic mass is 9.87. The van der Waals surface area contributed by atoms with Crippen LogP contribution in [0.4, 0.5) is 4.39 Å². The van der Waals surface area contributed by atoms with Crippen molar-refractivity contribution in [1.29, 1.82) is 0 Å². The Kier molecular flexibility index (Phi) is 5.76. The summed E-state index contributed by atoms with van der Waals surface area (Å²) in [5.41, 5.74) is 5.45. The summed E-state index contributed by atoms with van der Waals surface area (Å²) in [4.78, 5) is 12.8. The molecule has 3 aromatic carbocycles. The number of carbonyl (C=O) groups excluding carboxylic acids is 1. The van der Waals surface area contributed by atoms with Gasteiger partial charge in [0.2, 0.25) is 5.91 Å². The monoisotopic (exact) mass is 426 g/mol. The van der Waals surface area contributed by atoms with Crippen LogP contribution in [0.2, 0.25) is 0 Å². The van der Waals surface area contributed by atoms with Gasteiger partial charge in [0.1, 0.15) is 5.82 Å². The third kappa shape index (κ3) is 4.18. The predicted molar refractivity (Wildman–Crippen MR) is 126 cm³/mol. The van der Waals surface area contributed by atoms with E-state index in [1.165, 1.54) is 17.2 Å². The maximum atomic E-state index is 14.2. The fraction of sp³-hybridized carbons (Fsp3) is 0.250. The van der Waals surface area contributed by atoms with Crippen molar-refractivity contribution in [2.24, 2.45) is 0 Å². The molecule has 4 heteroatoms. The minimum absolute atomic E-state index is 0.0811. The molecule has 5 rings (SSSR count). The number of fused-ring (bicyclic) bond motifs is 2.